The molecule has 0 spiro atoms. The maximum absolute atomic E-state index is 12.6. The molecule has 1 heterocycles. The Balaban J connectivity index is 1.62. The summed E-state index contributed by atoms with van der Waals surface area (Å²) in [5.74, 6) is -0.392. The van der Waals surface area contributed by atoms with Gasteiger partial charge in [0.05, 0.1) is 16.3 Å². The standard InChI is InChI=1S/C20H19ClF3N3O2/c1-12(19(29)26-14-6-4-13(5-7-14)20(22,23)24)25-15-8-9-17(16(21)11-15)27-10-2-3-18(27)28/h4-9,11-12,25H,2-3,10H2,1H3,(H,26,29). The van der Waals surface area contributed by atoms with Crippen molar-refractivity contribution in [3.63, 3.8) is 0 Å². The molecule has 0 aromatic heterocycles. The van der Waals surface area contributed by atoms with Gasteiger partial charge in [0.2, 0.25) is 11.8 Å². The molecular formula is C20H19ClF3N3O2. The summed E-state index contributed by atoms with van der Waals surface area (Å²) >= 11 is 6.29. The van der Waals surface area contributed by atoms with Crippen molar-refractivity contribution in [2.45, 2.75) is 32.0 Å². The van der Waals surface area contributed by atoms with Crippen molar-refractivity contribution in [3.05, 3.63) is 53.1 Å². The Morgan fingerprint density at radius 3 is 2.34 bits per heavy atom. The predicted molar refractivity (Wildman–Crippen MR) is 106 cm³/mol. The summed E-state index contributed by atoms with van der Waals surface area (Å²) in [6, 6.07) is 8.61. The highest BCUT2D eigenvalue weighted by atomic mass is 35.5. The van der Waals surface area contributed by atoms with Gasteiger partial charge in [0.25, 0.3) is 0 Å². The molecule has 1 atom stereocenters. The lowest BCUT2D eigenvalue weighted by Gasteiger charge is -2.20. The predicted octanol–water partition coefficient (Wildman–Crippen LogP) is 4.92. The molecule has 0 radical (unpaired) electrons. The molecule has 3 rings (SSSR count). The molecule has 1 unspecified atom stereocenters. The van der Waals surface area contributed by atoms with E-state index in [4.69, 9.17) is 11.6 Å². The number of carbonyl (C=O) groups excluding carboxylic acids is 2. The minimum absolute atomic E-state index is 0.0249. The van der Waals surface area contributed by atoms with Crippen LogP contribution < -0.4 is 15.5 Å². The number of nitrogens with zero attached hydrogens (tertiary/aromatic N) is 1. The van der Waals surface area contributed by atoms with E-state index in [1.807, 2.05) is 0 Å². The minimum Gasteiger partial charge on any atom is -0.374 e. The van der Waals surface area contributed by atoms with E-state index in [-0.39, 0.29) is 11.6 Å². The van der Waals surface area contributed by atoms with Crippen molar-refractivity contribution in [2.24, 2.45) is 0 Å². The van der Waals surface area contributed by atoms with Gasteiger partial charge in [-0.05, 0) is 55.8 Å². The Bertz CT molecular complexity index is 916. The number of hydrogen-bond donors (Lipinski definition) is 2. The monoisotopic (exact) mass is 425 g/mol. The van der Waals surface area contributed by atoms with Gasteiger partial charge in [-0.25, -0.2) is 0 Å². The second kappa shape index (κ2) is 8.32. The van der Waals surface area contributed by atoms with Gasteiger partial charge in [0, 0.05) is 24.3 Å². The Labute approximate surface area is 170 Å². The summed E-state index contributed by atoms with van der Waals surface area (Å²) in [6.45, 7) is 2.24. The molecular weight excluding hydrogens is 407 g/mol. The van der Waals surface area contributed by atoms with Crippen molar-refractivity contribution >= 4 is 40.5 Å². The van der Waals surface area contributed by atoms with Crippen molar-refractivity contribution in [1.82, 2.24) is 0 Å². The molecule has 2 N–H and O–H groups in total. The number of hydrogen-bond acceptors (Lipinski definition) is 3. The van der Waals surface area contributed by atoms with E-state index in [1.54, 1.807) is 30.0 Å². The quantitative estimate of drug-likeness (QED) is 0.714. The highest BCUT2D eigenvalue weighted by Crippen LogP contribution is 2.32. The average molecular weight is 426 g/mol. The highest BCUT2D eigenvalue weighted by Gasteiger charge is 2.30. The van der Waals surface area contributed by atoms with Crippen LogP contribution in [-0.4, -0.2) is 24.4 Å². The first-order valence-electron chi connectivity index (χ1n) is 9.00. The molecule has 5 nitrogen and oxygen atoms in total. The maximum atomic E-state index is 12.6. The zero-order valence-corrected chi connectivity index (χ0v) is 16.3. The number of rotatable bonds is 5. The molecule has 2 amide bonds. The molecule has 29 heavy (non-hydrogen) atoms. The van der Waals surface area contributed by atoms with E-state index >= 15 is 0 Å². The molecule has 1 fully saturated rings. The number of anilines is 3. The third-order valence-electron chi connectivity index (χ3n) is 4.57. The zero-order valence-electron chi connectivity index (χ0n) is 15.5. The lowest BCUT2D eigenvalue weighted by molar-refractivity contribution is -0.137. The van der Waals surface area contributed by atoms with Crippen LogP contribution in [0.25, 0.3) is 0 Å². The summed E-state index contributed by atoms with van der Waals surface area (Å²) in [7, 11) is 0. The van der Waals surface area contributed by atoms with Crippen LogP contribution in [0.1, 0.15) is 25.3 Å². The molecule has 0 bridgehead atoms. The third kappa shape index (κ3) is 5.00. The van der Waals surface area contributed by atoms with E-state index in [0.717, 1.165) is 18.6 Å². The second-order valence-electron chi connectivity index (χ2n) is 6.75. The number of carbonyl (C=O) groups is 2. The van der Waals surface area contributed by atoms with Gasteiger partial charge >= 0.3 is 6.18 Å². The molecule has 2 aromatic rings. The van der Waals surface area contributed by atoms with Crippen LogP contribution >= 0.6 is 11.6 Å². The van der Waals surface area contributed by atoms with Crippen LogP contribution in [0.5, 0.6) is 0 Å². The lowest BCUT2D eigenvalue weighted by Crippen LogP contribution is -2.32. The molecule has 0 saturated carbocycles. The van der Waals surface area contributed by atoms with Crippen LogP contribution in [0, 0.1) is 0 Å². The van der Waals surface area contributed by atoms with Gasteiger partial charge in [-0.2, -0.15) is 13.2 Å². The minimum atomic E-state index is -4.43. The highest BCUT2D eigenvalue weighted by molar-refractivity contribution is 6.34. The molecule has 2 aromatic carbocycles. The number of alkyl halides is 3. The van der Waals surface area contributed by atoms with Crippen LogP contribution in [0.15, 0.2) is 42.5 Å². The van der Waals surface area contributed by atoms with E-state index in [0.29, 0.717) is 29.4 Å². The van der Waals surface area contributed by atoms with E-state index in [9.17, 15) is 22.8 Å². The van der Waals surface area contributed by atoms with Crippen LogP contribution in [0.3, 0.4) is 0 Å². The third-order valence-corrected chi connectivity index (χ3v) is 4.87. The van der Waals surface area contributed by atoms with Gasteiger partial charge in [0.1, 0.15) is 6.04 Å². The van der Waals surface area contributed by atoms with Crippen molar-refractivity contribution in [3.8, 4) is 0 Å². The van der Waals surface area contributed by atoms with Crippen molar-refractivity contribution < 1.29 is 22.8 Å². The molecule has 0 aliphatic carbocycles. The van der Waals surface area contributed by atoms with E-state index in [1.165, 1.54) is 12.1 Å². The molecule has 1 saturated heterocycles. The van der Waals surface area contributed by atoms with Gasteiger partial charge in [-0.15, -0.1) is 0 Å². The summed E-state index contributed by atoms with van der Waals surface area (Å²) in [5, 5.41) is 5.94. The van der Waals surface area contributed by atoms with Crippen molar-refractivity contribution in [2.75, 3.05) is 22.1 Å². The molecule has 9 heteroatoms. The van der Waals surface area contributed by atoms with Crippen molar-refractivity contribution in [1.29, 1.82) is 0 Å². The normalized spacial score (nSPS) is 15.3. The van der Waals surface area contributed by atoms with E-state index in [2.05, 4.69) is 10.6 Å². The second-order valence-corrected chi connectivity index (χ2v) is 7.15. The first-order valence-corrected chi connectivity index (χ1v) is 9.37. The molecule has 1 aliphatic heterocycles. The SMILES string of the molecule is CC(Nc1ccc(N2CCCC2=O)c(Cl)c1)C(=O)Nc1ccc(C(F)(F)F)cc1. The topological polar surface area (TPSA) is 61.4 Å². The summed E-state index contributed by atoms with van der Waals surface area (Å²) in [6.07, 6.45) is -3.14. The van der Waals surface area contributed by atoms with Gasteiger partial charge < -0.3 is 15.5 Å². The van der Waals surface area contributed by atoms with Crippen LogP contribution in [0.4, 0.5) is 30.2 Å². The summed E-state index contributed by atoms with van der Waals surface area (Å²) < 4.78 is 37.8. The maximum Gasteiger partial charge on any atom is 0.416 e. The first kappa shape index (κ1) is 21.0. The summed E-state index contributed by atoms with van der Waals surface area (Å²) in [4.78, 5) is 25.8. The zero-order chi connectivity index (χ0) is 21.2. The summed E-state index contributed by atoms with van der Waals surface area (Å²) in [5.41, 5.74) is 0.688. The molecule has 1 aliphatic rings. The Kier molecular flexibility index (Phi) is 6.02. The fraction of sp³-hybridized carbons (Fsp3) is 0.300. The van der Waals surface area contributed by atoms with Crippen LogP contribution in [0.2, 0.25) is 5.02 Å². The number of benzene rings is 2. The Morgan fingerprint density at radius 1 is 1.14 bits per heavy atom. The van der Waals surface area contributed by atoms with E-state index < -0.39 is 23.7 Å². The lowest BCUT2D eigenvalue weighted by atomic mass is 10.2. The molecule has 154 valence electrons. The number of amides is 2. The fourth-order valence-electron chi connectivity index (χ4n) is 3.03. The van der Waals surface area contributed by atoms with Crippen LogP contribution in [-0.2, 0) is 15.8 Å². The largest absolute Gasteiger partial charge is 0.416 e. The van der Waals surface area contributed by atoms with Gasteiger partial charge in [-0.3, -0.25) is 9.59 Å². The first-order chi connectivity index (χ1) is 13.6. The van der Waals surface area contributed by atoms with Gasteiger partial charge in [0.15, 0.2) is 0 Å². The Morgan fingerprint density at radius 2 is 1.79 bits per heavy atom. The van der Waals surface area contributed by atoms with Gasteiger partial charge in [-0.1, -0.05) is 11.6 Å². The average Bonchev–Trinajstić information content (AvgIpc) is 3.07. The number of halogens is 4. The Hall–Kier alpha value is -2.74. The fourth-order valence-corrected chi connectivity index (χ4v) is 3.31. The number of nitrogens with one attached hydrogen (secondary N) is 2. The smallest absolute Gasteiger partial charge is 0.374 e.